The van der Waals surface area contributed by atoms with Crippen LogP contribution in [0.15, 0.2) is 10.2 Å². The number of pyridine rings is 1. The molecule has 0 bridgehead atoms. The first kappa shape index (κ1) is 15.7. The number of aromatic nitrogens is 1. The SMILES string of the molecule is Cc1nc(C)c(N2C=NN(C)[CH-]2)[c-]c1N1C=NN(C)[CH-]1.[Os]. The van der Waals surface area contributed by atoms with Gasteiger partial charge in [0.1, 0.15) is 0 Å². The fraction of sp³-hybridized carbons (Fsp3) is 0.308. The fourth-order valence-electron chi connectivity index (χ4n) is 2.14. The minimum atomic E-state index is 0. The van der Waals surface area contributed by atoms with E-state index in [0.29, 0.717) is 0 Å². The Morgan fingerprint density at radius 1 is 0.905 bits per heavy atom. The molecule has 8 heteroatoms. The molecular weight excluding hydrogens is 444 g/mol. The molecule has 0 radical (unpaired) electrons. The number of hydrazone groups is 2. The van der Waals surface area contributed by atoms with Crippen molar-refractivity contribution in [2.45, 2.75) is 13.8 Å². The molecule has 3 rings (SSSR count). The van der Waals surface area contributed by atoms with Crippen molar-refractivity contribution in [3.8, 4) is 0 Å². The third-order valence-corrected chi connectivity index (χ3v) is 3.07. The molecule has 0 spiro atoms. The monoisotopic (exact) mass is 462 g/mol. The summed E-state index contributed by atoms with van der Waals surface area (Å²) in [5.41, 5.74) is 3.59. The molecular formula is C13H16N7Os-3. The van der Waals surface area contributed by atoms with E-state index in [9.17, 15) is 0 Å². The summed E-state index contributed by atoms with van der Waals surface area (Å²) in [7, 11) is 3.76. The van der Waals surface area contributed by atoms with Crippen LogP contribution in [-0.4, -0.2) is 41.8 Å². The molecule has 0 N–H and O–H groups in total. The second-order valence-electron chi connectivity index (χ2n) is 4.76. The summed E-state index contributed by atoms with van der Waals surface area (Å²) in [5, 5.41) is 11.8. The van der Waals surface area contributed by atoms with Gasteiger partial charge in [0.25, 0.3) is 0 Å². The summed E-state index contributed by atoms with van der Waals surface area (Å²) < 4.78 is 0. The molecule has 0 aromatic carbocycles. The predicted molar refractivity (Wildman–Crippen MR) is 78.6 cm³/mol. The van der Waals surface area contributed by atoms with Gasteiger partial charge in [0.05, 0.1) is 12.7 Å². The Labute approximate surface area is 138 Å². The van der Waals surface area contributed by atoms with E-state index < -0.39 is 0 Å². The van der Waals surface area contributed by atoms with Gasteiger partial charge in [-0.25, -0.2) is 10.2 Å². The van der Waals surface area contributed by atoms with E-state index in [1.54, 1.807) is 22.7 Å². The van der Waals surface area contributed by atoms with Crippen LogP contribution in [0.1, 0.15) is 11.4 Å². The zero-order valence-electron chi connectivity index (χ0n) is 12.3. The van der Waals surface area contributed by atoms with Crippen LogP contribution in [0.5, 0.6) is 0 Å². The van der Waals surface area contributed by atoms with Crippen molar-refractivity contribution in [2.75, 3.05) is 23.9 Å². The van der Waals surface area contributed by atoms with E-state index in [4.69, 9.17) is 0 Å². The smallest absolute Gasteiger partial charge is 0.0829 e. The molecule has 0 atom stereocenters. The Hall–Kier alpha value is -1.67. The number of hydrogen-bond acceptors (Lipinski definition) is 7. The summed E-state index contributed by atoms with van der Waals surface area (Å²) >= 11 is 0. The number of anilines is 2. The van der Waals surface area contributed by atoms with Gasteiger partial charge in [-0.1, -0.05) is 36.6 Å². The van der Waals surface area contributed by atoms with Crippen LogP contribution in [0.4, 0.5) is 11.4 Å². The fourth-order valence-corrected chi connectivity index (χ4v) is 2.14. The zero-order valence-corrected chi connectivity index (χ0v) is 14.8. The van der Waals surface area contributed by atoms with Crippen molar-refractivity contribution in [2.24, 2.45) is 10.2 Å². The van der Waals surface area contributed by atoms with Gasteiger partial charge in [-0.05, 0) is 14.1 Å². The second kappa shape index (κ2) is 5.98. The molecule has 0 saturated carbocycles. The van der Waals surface area contributed by atoms with Crippen LogP contribution >= 0.6 is 0 Å². The molecule has 0 aliphatic carbocycles. The maximum Gasteiger partial charge on any atom is 0.0829 e. The van der Waals surface area contributed by atoms with Crippen LogP contribution in [-0.2, 0) is 19.8 Å². The first-order valence-electron chi connectivity index (χ1n) is 6.25. The molecule has 114 valence electrons. The maximum absolute atomic E-state index is 4.60. The van der Waals surface area contributed by atoms with E-state index in [0.717, 1.165) is 22.8 Å². The molecule has 2 aliphatic rings. The average molecular weight is 461 g/mol. The molecule has 0 saturated heterocycles. The summed E-state index contributed by atoms with van der Waals surface area (Å²) in [5.74, 6) is 0. The van der Waals surface area contributed by atoms with E-state index in [1.807, 2.05) is 51.1 Å². The van der Waals surface area contributed by atoms with Crippen LogP contribution < -0.4 is 9.80 Å². The van der Waals surface area contributed by atoms with Crippen LogP contribution in [0.3, 0.4) is 0 Å². The van der Waals surface area contributed by atoms with Gasteiger partial charge < -0.3 is 24.8 Å². The molecule has 1 aromatic heterocycles. The van der Waals surface area contributed by atoms with Gasteiger partial charge >= 0.3 is 0 Å². The van der Waals surface area contributed by atoms with Crippen LogP contribution in [0.2, 0.25) is 0 Å². The standard InChI is InChI=1S/C13H16N7.Os/c1-10-12(19-6-14-17(3)8-19)5-13(11(2)16-10)20-7-15-18(4)9-20;/h6-9H,1-4H3;/q-3;. The van der Waals surface area contributed by atoms with Crippen molar-refractivity contribution >= 4 is 24.1 Å². The third-order valence-electron chi connectivity index (χ3n) is 3.07. The Morgan fingerprint density at radius 2 is 1.33 bits per heavy atom. The first-order chi connectivity index (χ1) is 9.54. The quantitative estimate of drug-likeness (QED) is 0.620. The largest absolute Gasteiger partial charge is 0.482 e. The Kier molecular flexibility index (Phi) is 4.48. The third kappa shape index (κ3) is 3.00. The minimum Gasteiger partial charge on any atom is -0.482 e. The molecule has 21 heavy (non-hydrogen) atoms. The van der Waals surface area contributed by atoms with E-state index >= 15 is 0 Å². The summed E-state index contributed by atoms with van der Waals surface area (Å²) in [6, 6.07) is 3.40. The van der Waals surface area contributed by atoms with Gasteiger partial charge in [0.2, 0.25) is 0 Å². The first-order valence-corrected chi connectivity index (χ1v) is 6.25. The molecule has 7 nitrogen and oxygen atoms in total. The molecule has 2 aliphatic heterocycles. The summed E-state index contributed by atoms with van der Waals surface area (Å²) in [4.78, 5) is 8.41. The molecule has 1 aromatic rings. The minimum absolute atomic E-state index is 0. The Morgan fingerprint density at radius 3 is 1.67 bits per heavy atom. The number of rotatable bonds is 2. The van der Waals surface area contributed by atoms with Gasteiger partial charge in [0.15, 0.2) is 0 Å². The van der Waals surface area contributed by atoms with Crippen LogP contribution in [0, 0.1) is 33.3 Å². The molecule has 0 fully saturated rings. The van der Waals surface area contributed by atoms with Crippen molar-refractivity contribution in [1.82, 2.24) is 15.0 Å². The van der Waals surface area contributed by atoms with Gasteiger partial charge in [-0.3, -0.25) is 0 Å². The van der Waals surface area contributed by atoms with E-state index in [2.05, 4.69) is 21.3 Å². The Bertz CT molecular complexity index is 539. The summed E-state index contributed by atoms with van der Waals surface area (Å²) in [6.07, 6.45) is 3.49. The van der Waals surface area contributed by atoms with Crippen molar-refractivity contribution in [3.63, 3.8) is 0 Å². The molecule has 0 unspecified atom stereocenters. The van der Waals surface area contributed by atoms with Crippen molar-refractivity contribution in [3.05, 3.63) is 30.8 Å². The number of hydrogen-bond donors (Lipinski definition) is 0. The van der Waals surface area contributed by atoms with Gasteiger partial charge in [-0.2, -0.15) is 0 Å². The van der Waals surface area contributed by atoms with Crippen molar-refractivity contribution in [1.29, 1.82) is 0 Å². The van der Waals surface area contributed by atoms with Gasteiger partial charge in [-0.15, -0.1) is 19.4 Å². The number of aryl methyl sites for hydroxylation is 2. The maximum atomic E-state index is 4.60. The summed E-state index contributed by atoms with van der Waals surface area (Å²) in [6.45, 7) is 7.70. The van der Waals surface area contributed by atoms with Crippen molar-refractivity contribution < 1.29 is 19.8 Å². The number of nitrogens with zero attached hydrogens (tertiary/aromatic N) is 7. The topological polar surface area (TPSA) is 50.6 Å². The predicted octanol–water partition coefficient (Wildman–Crippen LogP) is 1.12. The average Bonchev–Trinajstić information content (AvgIpc) is 2.99. The zero-order chi connectivity index (χ0) is 14.3. The molecule has 3 heterocycles. The van der Waals surface area contributed by atoms with E-state index in [-0.39, 0.29) is 19.8 Å². The van der Waals surface area contributed by atoms with Gasteiger partial charge in [0, 0.05) is 19.8 Å². The second-order valence-corrected chi connectivity index (χ2v) is 4.76. The Balaban J connectivity index is 0.00000161. The van der Waals surface area contributed by atoms with E-state index in [1.165, 1.54) is 0 Å². The normalized spacial score (nSPS) is 17.0. The van der Waals surface area contributed by atoms with Crippen LogP contribution in [0.25, 0.3) is 0 Å². The molecule has 0 amide bonds.